The number of rotatable bonds is 3. The third-order valence-corrected chi connectivity index (χ3v) is 2.49. The number of methoxy groups -OCH3 is 1. The molecule has 1 rings (SSSR count). The quantitative estimate of drug-likeness (QED) is 0.796. The highest BCUT2D eigenvalue weighted by Gasteiger charge is 2.10. The van der Waals surface area contributed by atoms with Gasteiger partial charge in [-0.25, -0.2) is 4.79 Å². The Kier molecular flexibility index (Phi) is 4.11. The van der Waals surface area contributed by atoms with Gasteiger partial charge in [0.1, 0.15) is 5.75 Å². The Morgan fingerprint density at radius 2 is 2.19 bits per heavy atom. The van der Waals surface area contributed by atoms with Gasteiger partial charge in [0.25, 0.3) is 0 Å². The molecule has 0 aliphatic heterocycles. The first-order valence-electron chi connectivity index (χ1n) is 5.20. The van der Waals surface area contributed by atoms with Crippen LogP contribution in [-0.4, -0.2) is 18.2 Å². The second-order valence-electron chi connectivity index (χ2n) is 3.39. The molecule has 86 valence electrons. The normalized spacial score (nSPS) is 11.3. The summed E-state index contributed by atoms with van der Waals surface area (Å²) in [5.41, 5.74) is 2.17. The number of phenolic OH excluding ortho intramolecular Hbond substituents is 1. The number of benzene rings is 1. The zero-order chi connectivity index (χ0) is 12.1. The number of carbonyl (C=O) groups excluding carboxylic acids is 1. The summed E-state index contributed by atoms with van der Waals surface area (Å²) in [7, 11) is 1.32. The lowest BCUT2D eigenvalue weighted by Crippen LogP contribution is -2.01. The molecule has 1 aromatic carbocycles. The molecule has 0 unspecified atom stereocenters. The summed E-state index contributed by atoms with van der Waals surface area (Å²) < 4.78 is 4.58. The maximum absolute atomic E-state index is 11.2. The first-order valence-corrected chi connectivity index (χ1v) is 5.20. The first kappa shape index (κ1) is 12.3. The SMILES string of the molecule is C/C=C(\CC)c1ccc(C(=O)OC)cc1O. The van der Waals surface area contributed by atoms with Crippen molar-refractivity contribution in [3.8, 4) is 5.75 Å². The van der Waals surface area contributed by atoms with Crippen molar-refractivity contribution in [2.75, 3.05) is 7.11 Å². The van der Waals surface area contributed by atoms with Gasteiger partial charge in [-0.05, 0) is 31.1 Å². The molecule has 16 heavy (non-hydrogen) atoms. The summed E-state index contributed by atoms with van der Waals surface area (Å²) in [6.07, 6.45) is 2.79. The molecular weight excluding hydrogens is 204 g/mol. The molecule has 0 fully saturated rings. The molecule has 3 nitrogen and oxygen atoms in total. The van der Waals surface area contributed by atoms with Crippen LogP contribution >= 0.6 is 0 Å². The van der Waals surface area contributed by atoms with Gasteiger partial charge >= 0.3 is 5.97 Å². The van der Waals surface area contributed by atoms with Gasteiger partial charge in [-0.1, -0.05) is 19.1 Å². The summed E-state index contributed by atoms with van der Waals surface area (Å²) in [5.74, 6) is -0.335. The molecule has 0 atom stereocenters. The minimum atomic E-state index is -0.444. The van der Waals surface area contributed by atoms with Crippen LogP contribution in [0.2, 0.25) is 0 Å². The van der Waals surface area contributed by atoms with Crippen molar-refractivity contribution >= 4 is 11.5 Å². The molecule has 0 heterocycles. The standard InChI is InChI=1S/C13H16O3/c1-4-9(5-2)11-7-6-10(8-12(11)14)13(15)16-3/h4,6-8,14H,5H2,1-3H3/b9-4+. The van der Waals surface area contributed by atoms with Crippen LogP contribution in [0.5, 0.6) is 5.75 Å². The van der Waals surface area contributed by atoms with Crippen LogP contribution in [0.1, 0.15) is 36.2 Å². The van der Waals surface area contributed by atoms with Crippen molar-refractivity contribution in [3.63, 3.8) is 0 Å². The number of phenols is 1. The van der Waals surface area contributed by atoms with E-state index in [9.17, 15) is 9.90 Å². The van der Waals surface area contributed by atoms with Gasteiger partial charge < -0.3 is 9.84 Å². The number of allylic oxidation sites excluding steroid dienone is 2. The van der Waals surface area contributed by atoms with E-state index in [1.807, 2.05) is 19.9 Å². The van der Waals surface area contributed by atoms with Crippen LogP contribution < -0.4 is 0 Å². The summed E-state index contributed by atoms with van der Waals surface area (Å²) >= 11 is 0. The second kappa shape index (κ2) is 5.35. The highest BCUT2D eigenvalue weighted by Crippen LogP contribution is 2.28. The Hall–Kier alpha value is -1.77. The topological polar surface area (TPSA) is 46.5 Å². The van der Waals surface area contributed by atoms with E-state index in [1.165, 1.54) is 13.2 Å². The van der Waals surface area contributed by atoms with Crippen molar-refractivity contribution in [2.45, 2.75) is 20.3 Å². The lowest BCUT2D eigenvalue weighted by Gasteiger charge is -2.08. The molecule has 0 bridgehead atoms. The van der Waals surface area contributed by atoms with Gasteiger partial charge in [0, 0.05) is 5.56 Å². The maximum Gasteiger partial charge on any atom is 0.337 e. The summed E-state index contributed by atoms with van der Waals surface area (Å²) in [6.45, 7) is 3.94. The zero-order valence-corrected chi connectivity index (χ0v) is 9.78. The second-order valence-corrected chi connectivity index (χ2v) is 3.39. The molecule has 0 spiro atoms. The Labute approximate surface area is 95.4 Å². The van der Waals surface area contributed by atoms with Gasteiger partial charge in [0.05, 0.1) is 12.7 Å². The molecule has 1 N–H and O–H groups in total. The van der Waals surface area contributed by atoms with Crippen molar-refractivity contribution in [3.05, 3.63) is 35.4 Å². The average Bonchev–Trinajstić information content (AvgIpc) is 2.31. The number of hydrogen-bond acceptors (Lipinski definition) is 3. The third kappa shape index (κ3) is 2.42. The van der Waals surface area contributed by atoms with Gasteiger partial charge in [0.15, 0.2) is 0 Å². The molecule has 0 saturated heterocycles. The molecule has 0 aromatic heterocycles. The lowest BCUT2D eigenvalue weighted by molar-refractivity contribution is 0.0600. The molecule has 0 saturated carbocycles. The van der Waals surface area contributed by atoms with Crippen molar-refractivity contribution in [1.82, 2.24) is 0 Å². The summed E-state index contributed by atoms with van der Waals surface area (Å²) in [5, 5.41) is 9.82. The van der Waals surface area contributed by atoms with Gasteiger partial charge in [-0.15, -0.1) is 0 Å². The van der Waals surface area contributed by atoms with Crippen LogP contribution in [0.4, 0.5) is 0 Å². The molecule has 0 aliphatic rings. The van der Waals surface area contributed by atoms with E-state index in [2.05, 4.69) is 4.74 Å². The van der Waals surface area contributed by atoms with E-state index in [-0.39, 0.29) is 5.75 Å². The number of aromatic hydroxyl groups is 1. The van der Waals surface area contributed by atoms with Crippen LogP contribution in [0.3, 0.4) is 0 Å². The van der Waals surface area contributed by atoms with Crippen molar-refractivity contribution < 1.29 is 14.6 Å². The van der Waals surface area contributed by atoms with Crippen molar-refractivity contribution in [2.24, 2.45) is 0 Å². The highest BCUT2D eigenvalue weighted by molar-refractivity contribution is 5.90. The number of ether oxygens (including phenoxy) is 1. The number of carbonyl (C=O) groups is 1. The smallest absolute Gasteiger partial charge is 0.337 e. The highest BCUT2D eigenvalue weighted by atomic mass is 16.5. The number of esters is 1. The van der Waals surface area contributed by atoms with Crippen LogP contribution in [0, 0.1) is 0 Å². The molecule has 0 radical (unpaired) electrons. The Bertz CT molecular complexity index is 419. The van der Waals surface area contributed by atoms with Gasteiger partial charge in [-0.2, -0.15) is 0 Å². The predicted octanol–water partition coefficient (Wildman–Crippen LogP) is 2.99. The van der Waals surface area contributed by atoms with E-state index in [0.717, 1.165) is 17.6 Å². The molecule has 0 amide bonds. The maximum atomic E-state index is 11.2. The zero-order valence-electron chi connectivity index (χ0n) is 9.78. The fourth-order valence-electron chi connectivity index (χ4n) is 1.60. The van der Waals surface area contributed by atoms with E-state index in [4.69, 9.17) is 0 Å². The van der Waals surface area contributed by atoms with E-state index in [1.54, 1.807) is 12.1 Å². The van der Waals surface area contributed by atoms with Gasteiger partial charge in [0.2, 0.25) is 0 Å². The number of hydrogen-bond donors (Lipinski definition) is 1. The fourth-order valence-corrected chi connectivity index (χ4v) is 1.60. The summed E-state index contributed by atoms with van der Waals surface area (Å²) in [6, 6.07) is 4.82. The molecule has 0 aliphatic carbocycles. The van der Waals surface area contributed by atoms with Crippen molar-refractivity contribution in [1.29, 1.82) is 0 Å². The molecule has 1 aromatic rings. The lowest BCUT2D eigenvalue weighted by atomic mass is 10.0. The largest absolute Gasteiger partial charge is 0.507 e. The predicted molar refractivity (Wildman–Crippen MR) is 63.4 cm³/mol. The third-order valence-electron chi connectivity index (χ3n) is 2.49. The van der Waals surface area contributed by atoms with Crippen LogP contribution in [-0.2, 0) is 4.74 Å². The van der Waals surface area contributed by atoms with Gasteiger partial charge in [-0.3, -0.25) is 0 Å². The van der Waals surface area contributed by atoms with E-state index < -0.39 is 5.97 Å². The van der Waals surface area contributed by atoms with Crippen LogP contribution in [0.25, 0.3) is 5.57 Å². The average molecular weight is 220 g/mol. The monoisotopic (exact) mass is 220 g/mol. The minimum Gasteiger partial charge on any atom is -0.507 e. The fraction of sp³-hybridized carbons (Fsp3) is 0.308. The Morgan fingerprint density at radius 3 is 2.62 bits per heavy atom. The molecule has 3 heteroatoms. The summed E-state index contributed by atoms with van der Waals surface area (Å²) in [4.78, 5) is 11.2. The Balaban J connectivity index is 3.14. The first-order chi connectivity index (χ1) is 7.63. The minimum absolute atomic E-state index is 0.109. The van der Waals surface area contributed by atoms with Crippen LogP contribution in [0.15, 0.2) is 24.3 Å². The molecular formula is C13H16O3. The van der Waals surface area contributed by atoms with E-state index >= 15 is 0 Å². The Morgan fingerprint density at radius 1 is 1.50 bits per heavy atom. The van der Waals surface area contributed by atoms with E-state index in [0.29, 0.717) is 5.56 Å².